The van der Waals surface area contributed by atoms with E-state index in [1.807, 2.05) is 4.90 Å². The molecule has 0 unspecified atom stereocenters. The Labute approximate surface area is 122 Å². The Hall–Kier alpha value is -1.92. The summed E-state index contributed by atoms with van der Waals surface area (Å²) < 4.78 is 1.53. The summed E-state index contributed by atoms with van der Waals surface area (Å²) in [5, 5.41) is 4.08. The molecule has 1 aromatic rings. The van der Waals surface area contributed by atoms with Gasteiger partial charge >= 0.3 is 0 Å². The van der Waals surface area contributed by atoms with Gasteiger partial charge in [-0.1, -0.05) is 0 Å². The van der Waals surface area contributed by atoms with Gasteiger partial charge < -0.3 is 9.80 Å². The van der Waals surface area contributed by atoms with Gasteiger partial charge in [-0.25, -0.2) is 4.98 Å². The molecule has 3 fully saturated rings. The molecule has 1 aromatic heterocycles. The van der Waals surface area contributed by atoms with Gasteiger partial charge in [-0.3, -0.25) is 14.3 Å². The number of aryl methyl sites for hydroxylation is 1. The minimum atomic E-state index is -0.149. The first-order chi connectivity index (χ1) is 10.1. The van der Waals surface area contributed by atoms with Gasteiger partial charge in [-0.2, -0.15) is 0 Å². The first kappa shape index (κ1) is 12.8. The van der Waals surface area contributed by atoms with Crippen molar-refractivity contribution >= 4 is 11.8 Å². The van der Waals surface area contributed by atoms with Crippen molar-refractivity contribution in [3.8, 4) is 0 Å². The number of carbonyl (C=O) groups excluding carboxylic acids is 2. The standard InChI is InChI=1S/C14H19N5O2/c1-17-8-15-13(16-17)14(21)18-5-4-10-11(18)6-12(20)19(10)7-9-2-3-9/h8-11H,2-7H2,1H3/t10-,11+/m0/s1. The Morgan fingerprint density at radius 1 is 1.33 bits per heavy atom. The minimum Gasteiger partial charge on any atom is -0.337 e. The van der Waals surface area contributed by atoms with Crippen LogP contribution in [0.2, 0.25) is 0 Å². The number of aromatic nitrogens is 3. The highest BCUT2D eigenvalue weighted by atomic mass is 16.2. The fourth-order valence-corrected chi connectivity index (χ4v) is 3.56. The van der Waals surface area contributed by atoms with E-state index in [0.717, 1.165) is 13.0 Å². The summed E-state index contributed by atoms with van der Waals surface area (Å²) in [6.45, 7) is 1.57. The predicted molar refractivity (Wildman–Crippen MR) is 73.3 cm³/mol. The molecule has 0 spiro atoms. The van der Waals surface area contributed by atoms with Crippen molar-refractivity contribution < 1.29 is 9.59 Å². The highest BCUT2D eigenvalue weighted by molar-refractivity contribution is 5.92. The highest BCUT2D eigenvalue weighted by Gasteiger charge is 2.49. The Balaban J connectivity index is 1.51. The molecular formula is C14H19N5O2. The van der Waals surface area contributed by atoms with Crippen molar-refractivity contribution in [3.63, 3.8) is 0 Å². The Kier molecular flexibility index (Phi) is 2.77. The third-order valence-electron chi connectivity index (χ3n) is 4.82. The topological polar surface area (TPSA) is 71.3 Å². The molecule has 0 bridgehead atoms. The first-order valence-electron chi connectivity index (χ1n) is 7.59. The molecule has 21 heavy (non-hydrogen) atoms. The molecule has 7 heteroatoms. The summed E-state index contributed by atoms with van der Waals surface area (Å²) in [6, 6.07) is 0.207. The zero-order chi connectivity index (χ0) is 14.6. The van der Waals surface area contributed by atoms with E-state index in [4.69, 9.17) is 0 Å². The van der Waals surface area contributed by atoms with E-state index in [1.165, 1.54) is 23.9 Å². The van der Waals surface area contributed by atoms with E-state index in [2.05, 4.69) is 10.1 Å². The average Bonchev–Trinajstić information content (AvgIpc) is 2.89. The molecular weight excluding hydrogens is 270 g/mol. The fourth-order valence-electron chi connectivity index (χ4n) is 3.56. The van der Waals surface area contributed by atoms with Gasteiger partial charge in [0, 0.05) is 26.6 Å². The van der Waals surface area contributed by atoms with Crippen LogP contribution in [0, 0.1) is 5.92 Å². The summed E-state index contributed by atoms with van der Waals surface area (Å²) in [5.74, 6) is 0.966. The smallest absolute Gasteiger partial charge is 0.293 e. The molecule has 1 saturated carbocycles. The molecule has 2 amide bonds. The second kappa shape index (κ2) is 4.54. The third kappa shape index (κ3) is 2.11. The van der Waals surface area contributed by atoms with Crippen LogP contribution < -0.4 is 0 Å². The number of fused-ring (bicyclic) bond motifs is 1. The van der Waals surface area contributed by atoms with Crippen LogP contribution >= 0.6 is 0 Å². The van der Waals surface area contributed by atoms with Crippen molar-refractivity contribution in [1.82, 2.24) is 24.6 Å². The van der Waals surface area contributed by atoms with Crippen molar-refractivity contribution in [2.24, 2.45) is 13.0 Å². The fraction of sp³-hybridized carbons (Fsp3) is 0.714. The molecule has 112 valence electrons. The second-order valence-corrected chi connectivity index (χ2v) is 6.36. The number of hydrogen-bond acceptors (Lipinski definition) is 4. The third-order valence-corrected chi connectivity index (χ3v) is 4.82. The largest absolute Gasteiger partial charge is 0.337 e. The van der Waals surface area contributed by atoms with Gasteiger partial charge in [0.25, 0.3) is 5.91 Å². The van der Waals surface area contributed by atoms with E-state index in [9.17, 15) is 9.59 Å². The zero-order valence-electron chi connectivity index (χ0n) is 12.1. The van der Waals surface area contributed by atoms with E-state index in [-0.39, 0.29) is 29.7 Å². The van der Waals surface area contributed by atoms with Crippen LogP contribution in [-0.2, 0) is 11.8 Å². The molecule has 3 heterocycles. The molecule has 0 aromatic carbocycles. The van der Waals surface area contributed by atoms with Crippen LogP contribution in [0.5, 0.6) is 0 Å². The van der Waals surface area contributed by atoms with Crippen molar-refractivity contribution in [3.05, 3.63) is 12.2 Å². The molecule has 4 rings (SSSR count). The number of rotatable bonds is 3. The van der Waals surface area contributed by atoms with Gasteiger partial charge in [0.15, 0.2) is 0 Å². The quantitative estimate of drug-likeness (QED) is 0.787. The summed E-state index contributed by atoms with van der Waals surface area (Å²) in [7, 11) is 1.74. The number of carbonyl (C=O) groups is 2. The maximum atomic E-state index is 12.5. The van der Waals surface area contributed by atoms with Gasteiger partial charge in [0.1, 0.15) is 6.33 Å². The lowest BCUT2D eigenvalue weighted by Crippen LogP contribution is -2.40. The molecule has 2 atom stereocenters. The van der Waals surface area contributed by atoms with Crippen LogP contribution in [0.1, 0.15) is 36.3 Å². The maximum absolute atomic E-state index is 12.5. The molecule has 3 aliphatic rings. The van der Waals surface area contributed by atoms with E-state index < -0.39 is 0 Å². The lowest BCUT2D eigenvalue weighted by Gasteiger charge is -2.24. The molecule has 2 aliphatic heterocycles. The highest BCUT2D eigenvalue weighted by Crippen LogP contribution is 2.37. The summed E-state index contributed by atoms with van der Waals surface area (Å²) in [5.41, 5.74) is 0. The Morgan fingerprint density at radius 2 is 2.14 bits per heavy atom. The van der Waals surface area contributed by atoms with E-state index >= 15 is 0 Å². The number of amides is 2. The lowest BCUT2D eigenvalue weighted by atomic mass is 10.1. The summed E-state index contributed by atoms with van der Waals surface area (Å²) in [4.78, 5) is 32.6. The van der Waals surface area contributed by atoms with Crippen LogP contribution in [0.3, 0.4) is 0 Å². The van der Waals surface area contributed by atoms with Crippen molar-refractivity contribution in [2.45, 2.75) is 37.8 Å². The van der Waals surface area contributed by atoms with Gasteiger partial charge in [-0.15, -0.1) is 5.10 Å². The van der Waals surface area contributed by atoms with Gasteiger partial charge in [-0.05, 0) is 25.2 Å². The van der Waals surface area contributed by atoms with Crippen LogP contribution in [0.4, 0.5) is 0 Å². The Morgan fingerprint density at radius 3 is 2.81 bits per heavy atom. The van der Waals surface area contributed by atoms with Crippen molar-refractivity contribution in [2.75, 3.05) is 13.1 Å². The molecule has 7 nitrogen and oxygen atoms in total. The molecule has 1 aliphatic carbocycles. The maximum Gasteiger partial charge on any atom is 0.293 e. The SMILES string of the molecule is Cn1cnc(C(=O)N2CC[C@H]3[C@H]2CC(=O)N3CC2CC2)n1. The zero-order valence-corrected chi connectivity index (χ0v) is 12.1. The number of nitrogens with zero attached hydrogens (tertiary/aromatic N) is 5. The van der Waals surface area contributed by atoms with E-state index in [1.54, 1.807) is 11.9 Å². The molecule has 0 radical (unpaired) electrons. The van der Waals surface area contributed by atoms with Crippen LogP contribution in [0.15, 0.2) is 6.33 Å². The van der Waals surface area contributed by atoms with Crippen molar-refractivity contribution in [1.29, 1.82) is 0 Å². The summed E-state index contributed by atoms with van der Waals surface area (Å²) >= 11 is 0. The first-order valence-corrected chi connectivity index (χ1v) is 7.59. The minimum absolute atomic E-state index is 0.00700. The van der Waals surface area contributed by atoms with Crippen LogP contribution in [0.25, 0.3) is 0 Å². The average molecular weight is 289 g/mol. The number of hydrogen-bond donors (Lipinski definition) is 0. The van der Waals surface area contributed by atoms with Crippen LogP contribution in [-0.4, -0.2) is 61.6 Å². The predicted octanol–water partition coefficient (Wildman–Crippen LogP) is 0.0405. The van der Waals surface area contributed by atoms with Gasteiger partial charge in [0.05, 0.1) is 12.1 Å². The summed E-state index contributed by atoms with van der Waals surface area (Å²) in [6.07, 6.45) is 5.33. The Bertz CT molecular complexity index is 594. The normalized spacial score (nSPS) is 28.3. The molecule has 2 saturated heterocycles. The number of likely N-dealkylation sites (tertiary alicyclic amines) is 2. The second-order valence-electron chi connectivity index (χ2n) is 6.36. The van der Waals surface area contributed by atoms with E-state index in [0.29, 0.717) is 18.9 Å². The monoisotopic (exact) mass is 289 g/mol. The van der Waals surface area contributed by atoms with Gasteiger partial charge in [0.2, 0.25) is 11.7 Å². The lowest BCUT2D eigenvalue weighted by molar-refractivity contribution is -0.129. The molecule has 0 N–H and O–H groups in total.